The monoisotopic (exact) mass is 284 g/mol. The maximum Gasteiger partial charge on any atom is 0.326 e. The Morgan fingerprint density at radius 2 is 2.05 bits per heavy atom. The van der Waals surface area contributed by atoms with Crippen molar-refractivity contribution in [1.82, 2.24) is 4.90 Å². The summed E-state index contributed by atoms with van der Waals surface area (Å²) in [6, 6.07) is -0.757. The van der Waals surface area contributed by atoms with Gasteiger partial charge in [-0.15, -0.1) is 0 Å². The summed E-state index contributed by atoms with van der Waals surface area (Å²) in [7, 11) is 1.56. The Labute approximate surface area is 119 Å². The van der Waals surface area contributed by atoms with Crippen molar-refractivity contribution in [2.75, 3.05) is 20.2 Å². The molecular weight excluding hydrogens is 260 g/mol. The number of carbonyl (C=O) groups excluding carboxylic acids is 1. The van der Waals surface area contributed by atoms with Gasteiger partial charge in [-0.3, -0.25) is 4.79 Å². The molecule has 0 spiro atoms. The number of carboxylic acid groups (broad SMARTS) is 1. The number of likely N-dealkylation sites (tertiary alicyclic amines) is 1. The summed E-state index contributed by atoms with van der Waals surface area (Å²) in [4.78, 5) is 25.5. The molecule has 20 heavy (non-hydrogen) atoms. The van der Waals surface area contributed by atoms with Gasteiger partial charge in [-0.05, 0) is 25.3 Å². The molecule has 4 unspecified atom stereocenters. The lowest BCUT2D eigenvalue weighted by Gasteiger charge is -2.34. The predicted octanol–water partition coefficient (Wildman–Crippen LogP) is 0.452. The van der Waals surface area contributed by atoms with Gasteiger partial charge in [-0.1, -0.05) is 12.8 Å². The Kier molecular flexibility index (Phi) is 4.99. The van der Waals surface area contributed by atoms with Crippen LogP contribution in [0.1, 0.15) is 32.1 Å². The largest absolute Gasteiger partial charge is 0.480 e. The molecule has 0 radical (unpaired) electrons. The highest BCUT2D eigenvalue weighted by Crippen LogP contribution is 2.33. The lowest BCUT2D eigenvalue weighted by atomic mass is 9.78. The topological polar surface area (TPSA) is 92.9 Å². The molecule has 0 aromatic heterocycles. The normalized spacial score (nSPS) is 34.2. The number of hydrogen-bond acceptors (Lipinski definition) is 4. The Morgan fingerprint density at radius 3 is 2.65 bits per heavy atom. The van der Waals surface area contributed by atoms with Crippen molar-refractivity contribution >= 4 is 11.9 Å². The smallest absolute Gasteiger partial charge is 0.326 e. The van der Waals surface area contributed by atoms with E-state index in [1.54, 1.807) is 7.11 Å². The lowest BCUT2D eigenvalue weighted by Crippen LogP contribution is -2.47. The van der Waals surface area contributed by atoms with Crippen molar-refractivity contribution < 1.29 is 19.4 Å². The van der Waals surface area contributed by atoms with E-state index in [2.05, 4.69) is 0 Å². The molecule has 1 saturated heterocycles. The first-order chi connectivity index (χ1) is 9.58. The van der Waals surface area contributed by atoms with Crippen LogP contribution in [0.25, 0.3) is 0 Å². The summed E-state index contributed by atoms with van der Waals surface area (Å²) < 4.78 is 5.23. The van der Waals surface area contributed by atoms with Crippen LogP contribution in [0.2, 0.25) is 0 Å². The van der Waals surface area contributed by atoms with E-state index in [1.807, 2.05) is 0 Å². The molecule has 0 bridgehead atoms. The zero-order valence-corrected chi connectivity index (χ0v) is 12.0. The molecular formula is C14H24N2O4. The summed E-state index contributed by atoms with van der Waals surface area (Å²) in [5, 5.41) is 9.29. The molecule has 4 atom stereocenters. The lowest BCUT2D eigenvalue weighted by molar-refractivity contribution is -0.151. The molecule has 3 N–H and O–H groups in total. The second-order valence-electron chi connectivity index (χ2n) is 5.82. The van der Waals surface area contributed by atoms with Crippen LogP contribution in [-0.2, 0) is 14.3 Å². The number of amides is 1. The van der Waals surface area contributed by atoms with E-state index in [1.165, 1.54) is 4.90 Å². The number of nitrogens with two attached hydrogens (primary N) is 1. The van der Waals surface area contributed by atoms with E-state index >= 15 is 0 Å². The zero-order chi connectivity index (χ0) is 14.7. The summed E-state index contributed by atoms with van der Waals surface area (Å²) in [5.74, 6) is -0.927. The van der Waals surface area contributed by atoms with Crippen LogP contribution in [0.5, 0.6) is 0 Å². The van der Waals surface area contributed by atoms with E-state index in [0.29, 0.717) is 19.5 Å². The molecule has 0 aromatic rings. The summed E-state index contributed by atoms with van der Waals surface area (Å²) in [5.41, 5.74) is 5.77. The fraction of sp³-hybridized carbons (Fsp3) is 0.857. The third-order valence-corrected chi connectivity index (χ3v) is 4.69. The van der Waals surface area contributed by atoms with Crippen molar-refractivity contribution in [3.63, 3.8) is 0 Å². The van der Waals surface area contributed by atoms with Gasteiger partial charge in [0.15, 0.2) is 0 Å². The second-order valence-corrected chi connectivity index (χ2v) is 5.82. The molecule has 2 fully saturated rings. The average Bonchev–Trinajstić information content (AvgIpc) is 2.91. The Balaban J connectivity index is 2.11. The first-order valence-electron chi connectivity index (χ1n) is 7.34. The molecule has 1 amide bonds. The van der Waals surface area contributed by atoms with Gasteiger partial charge in [0.25, 0.3) is 0 Å². The minimum atomic E-state index is -0.946. The highest BCUT2D eigenvalue weighted by Gasteiger charge is 2.43. The van der Waals surface area contributed by atoms with Gasteiger partial charge in [0, 0.05) is 26.0 Å². The number of nitrogens with zero attached hydrogens (tertiary/aromatic N) is 1. The zero-order valence-electron chi connectivity index (χ0n) is 12.0. The van der Waals surface area contributed by atoms with Crippen LogP contribution >= 0.6 is 0 Å². The SMILES string of the molecule is COC1CC(C(=O)O)N(C(=O)C2CCCCC2CN)C1. The fourth-order valence-electron chi connectivity index (χ4n) is 3.47. The molecule has 1 saturated carbocycles. The first-order valence-corrected chi connectivity index (χ1v) is 7.34. The van der Waals surface area contributed by atoms with Crippen LogP contribution in [-0.4, -0.2) is 54.2 Å². The molecule has 2 aliphatic rings. The molecule has 0 aromatic carbocycles. The van der Waals surface area contributed by atoms with Crippen molar-refractivity contribution in [1.29, 1.82) is 0 Å². The third kappa shape index (κ3) is 2.96. The minimum Gasteiger partial charge on any atom is -0.480 e. The van der Waals surface area contributed by atoms with Gasteiger partial charge >= 0.3 is 5.97 Å². The average molecular weight is 284 g/mol. The standard InChI is InChI=1S/C14H24N2O4/c1-20-10-6-12(14(18)19)16(8-10)13(17)11-5-3-2-4-9(11)7-15/h9-12H,2-8,15H2,1H3,(H,18,19). The van der Waals surface area contributed by atoms with Gasteiger partial charge in [0.1, 0.15) is 6.04 Å². The number of carbonyl (C=O) groups is 2. The third-order valence-electron chi connectivity index (χ3n) is 4.69. The molecule has 1 aliphatic carbocycles. The van der Waals surface area contributed by atoms with E-state index in [-0.39, 0.29) is 23.8 Å². The Bertz CT molecular complexity index is 374. The highest BCUT2D eigenvalue weighted by atomic mass is 16.5. The molecule has 6 nitrogen and oxygen atoms in total. The van der Waals surface area contributed by atoms with Gasteiger partial charge in [-0.2, -0.15) is 0 Å². The van der Waals surface area contributed by atoms with Crippen molar-refractivity contribution in [3.05, 3.63) is 0 Å². The van der Waals surface area contributed by atoms with Crippen LogP contribution < -0.4 is 5.73 Å². The van der Waals surface area contributed by atoms with Crippen molar-refractivity contribution in [2.45, 2.75) is 44.2 Å². The number of carboxylic acids is 1. The molecule has 1 aliphatic heterocycles. The van der Waals surface area contributed by atoms with E-state index in [0.717, 1.165) is 25.7 Å². The quantitative estimate of drug-likeness (QED) is 0.782. The van der Waals surface area contributed by atoms with Gasteiger partial charge < -0.3 is 20.5 Å². The number of rotatable bonds is 4. The van der Waals surface area contributed by atoms with Crippen LogP contribution in [0.3, 0.4) is 0 Å². The summed E-state index contributed by atoms with van der Waals surface area (Å²) >= 11 is 0. The maximum absolute atomic E-state index is 12.7. The van der Waals surface area contributed by atoms with Crippen LogP contribution in [0, 0.1) is 11.8 Å². The number of hydrogen-bond donors (Lipinski definition) is 2. The number of ether oxygens (including phenoxy) is 1. The molecule has 6 heteroatoms. The van der Waals surface area contributed by atoms with Gasteiger partial charge in [0.2, 0.25) is 5.91 Å². The maximum atomic E-state index is 12.7. The predicted molar refractivity (Wildman–Crippen MR) is 73.1 cm³/mol. The number of aliphatic carboxylic acids is 1. The highest BCUT2D eigenvalue weighted by molar-refractivity contribution is 5.86. The summed E-state index contributed by atoms with van der Waals surface area (Å²) in [6.45, 7) is 0.871. The molecule has 114 valence electrons. The summed E-state index contributed by atoms with van der Waals surface area (Å²) in [6.07, 6.45) is 4.10. The minimum absolute atomic E-state index is 0.0490. The second kappa shape index (κ2) is 6.54. The van der Waals surface area contributed by atoms with Crippen molar-refractivity contribution in [3.8, 4) is 0 Å². The Morgan fingerprint density at radius 1 is 1.35 bits per heavy atom. The van der Waals surface area contributed by atoms with Crippen molar-refractivity contribution in [2.24, 2.45) is 17.6 Å². The van der Waals surface area contributed by atoms with Gasteiger partial charge in [-0.25, -0.2) is 4.79 Å². The van der Waals surface area contributed by atoms with E-state index < -0.39 is 12.0 Å². The number of methoxy groups -OCH3 is 1. The van der Waals surface area contributed by atoms with Gasteiger partial charge in [0.05, 0.1) is 6.10 Å². The van der Waals surface area contributed by atoms with Crippen LogP contribution in [0.4, 0.5) is 0 Å². The molecule has 1 heterocycles. The van der Waals surface area contributed by atoms with E-state index in [9.17, 15) is 14.7 Å². The fourth-order valence-corrected chi connectivity index (χ4v) is 3.47. The van der Waals surface area contributed by atoms with E-state index in [4.69, 9.17) is 10.5 Å². The van der Waals surface area contributed by atoms with Crippen LogP contribution in [0.15, 0.2) is 0 Å². The molecule has 2 rings (SSSR count). The first kappa shape index (κ1) is 15.3. The Hall–Kier alpha value is -1.14.